The maximum Gasteiger partial charge on any atom is 0.0366 e. The first-order valence-electron chi connectivity index (χ1n) is 5.98. The predicted octanol–water partition coefficient (Wildman–Crippen LogP) is 2.81. The maximum atomic E-state index is 5.85. The van der Waals surface area contributed by atoms with Gasteiger partial charge in [-0.2, -0.15) is 0 Å². The largest absolute Gasteiger partial charge is 0.374 e. The third-order valence-electron chi connectivity index (χ3n) is 3.41. The van der Waals surface area contributed by atoms with E-state index in [0.29, 0.717) is 0 Å². The summed E-state index contributed by atoms with van der Waals surface area (Å²) in [5, 5.41) is 0. The first-order chi connectivity index (χ1) is 7.50. The van der Waals surface area contributed by atoms with Gasteiger partial charge in [0.2, 0.25) is 0 Å². The van der Waals surface area contributed by atoms with Crippen LogP contribution >= 0.6 is 0 Å². The average molecular weight is 220 g/mol. The lowest BCUT2D eigenvalue weighted by Gasteiger charge is -2.33. The number of hydrogen-bond donors (Lipinski definition) is 1. The molecule has 0 saturated heterocycles. The van der Waals surface area contributed by atoms with Gasteiger partial charge in [0, 0.05) is 19.3 Å². The summed E-state index contributed by atoms with van der Waals surface area (Å²) in [6.45, 7) is 8.32. The Morgan fingerprint density at radius 3 is 2.56 bits per heavy atom. The fourth-order valence-corrected chi connectivity index (χ4v) is 1.85. The molecule has 16 heavy (non-hydrogen) atoms. The van der Waals surface area contributed by atoms with Crippen LogP contribution in [0.5, 0.6) is 0 Å². The van der Waals surface area contributed by atoms with Crippen molar-refractivity contribution in [1.82, 2.24) is 0 Å². The normalized spacial score (nSPS) is 14.6. The molecule has 0 fully saturated rings. The van der Waals surface area contributed by atoms with E-state index in [2.05, 4.69) is 57.0 Å². The van der Waals surface area contributed by atoms with Crippen molar-refractivity contribution in [3.63, 3.8) is 0 Å². The monoisotopic (exact) mass is 220 g/mol. The Morgan fingerprint density at radius 2 is 2.06 bits per heavy atom. The lowest BCUT2D eigenvalue weighted by atomic mass is 9.87. The van der Waals surface area contributed by atoms with Crippen LogP contribution in [0.15, 0.2) is 24.3 Å². The van der Waals surface area contributed by atoms with E-state index in [1.165, 1.54) is 11.3 Å². The van der Waals surface area contributed by atoms with Crippen LogP contribution in [0.4, 0.5) is 5.69 Å². The van der Waals surface area contributed by atoms with Gasteiger partial charge in [0.05, 0.1) is 0 Å². The molecule has 0 heterocycles. The van der Waals surface area contributed by atoms with Gasteiger partial charge < -0.3 is 10.6 Å². The lowest BCUT2D eigenvalue weighted by Crippen LogP contribution is -2.38. The summed E-state index contributed by atoms with van der Waals surface area (Å²) >= 11 is 0. The highest BCUT2D eigenvalue weighted by atomic mass is 15.1. The van der Waals surface area contributed by atoms with Gasteiger partial charge in [-0.1, -0.05) is 26.0 Å². The highest BCUT2D eigenvalue weighted by molar-refractivity contribution is 5.47. The van der Waals surface area contributed by atoms with E-state index in [4.69, 9.17) is 5.73 Å². The van der Waals surface area contributed by atoms with E-state index >= 15 is 0 Å². The van der Waals surface area contributed by atoms with Crippen LogP contribution in [0.25, 0.3) is 0 Å². The van der Waals surface area contributed by atoms with E-state index < -0.39 is 0 Å². The molecule has 0 bridgehead atoms. The SMILES string of the molecule is CCC(C)(CN)CN(C)c1cccc(C)c1. The topological polar surface area (TPSA) is 29.3 Å². The average Bonchev–Trinajstić information content (AvgIpc) is 2.29. The molecule has 1 aromatic rings. The van der Waals surface area contributed by atoms with Crippen LogP contribution in [0.3, 0.4) is 0 Å². The molecule has 0 radical (unpaired) electrons. The lowest BCUT2D eigenvalue weighted by molar-refractivity contribution is 0.330. The van der Waals surface area contributed by atoms with Crippen molar-refractivity contribution >= 4 is 5.69 Å². The zero-order chi connectivity index (χ0) is 12.2. The summed E-state index contributed by atoms with van der Waals surface area (Å²) < 4.78 is 0. The summed E-state index contributed by atoms with van der Waals surface area (Å²) in [7, 11) is 2.14. The molecular formula is C14H24N2. The molecule has 1 rings (SSSR count). The first kappa shape index (κ1) is 13.0. The van der Waals surface area contributed by atoms with Crippen LogP contribution in [-0.4, -0.2) is 20.1 Å². The zero-order valence-electron chi connectivity index (χ0n) is 11.0. The highest BCUT2D eigenvalue weighted by Crippen LogP contribution is 2.24. The molecule has 0 amide bonds. The molecule has 2 nitrogen and oxygen atoms in total. The number of aryl methyl sites for hydroxylation is 1. The fourth-order valence-electron chi connectivity index (χ4n) is 1.85. The number of benzene rings is 1. The smallest absolute Gasteiger partial charge is 0.0366 e. The molecule has 0 aliphatic carbocycles. The second-order valence-electron chi connectivity index (χ2n) is 5.06. The molecule has 2 N–H and O–H groups in total. The number of nitrogens with zero attached hydrogens (tertiary/aromatic N) is 1. The number of nitrogens with two attached hydrogens (primary N) is 1. The van der Waals surface area contributed by atoms with E-state index in [1.807, 2.05) is 0 Å². The van der Waals surface area contributed by atoms with Gasteiger partial charge >= 0.3 is 0 Å². The molecule has 0 aliphatic heterocycles. The standard InChI is InChI=1S/C14H24N2/c1-5-14(3,10-15)11-16(4)13-8-6-7-12(2)9-13/h6-9H,5,10-11,15H2,1-4H3. The molecule has 0 aliphatic rings. The van der Waals surface area contributed by atoms with Crippen molar-refractivity contribution in [2.45, 2.75) is 27.2 Å². The third kappa shape index (κ3) is 3.24. The number of anilines is 1. The minimum absolute atomic E-state index is 0.207. The van der Waals surface area contributed by atoms with Crippen molar-refractivity contribution in [2.24, 2.45) is 11.1 Å². The highest BCUT2D eigenvalue weighted by Gasteiger charge is 2.22. The molecule has 1 atom stereocenters. The van der Waals surface area contributed by atoms with Crippen molar-refractivity contribution in [3.8, 4) is 0 Å². The van der Waals surface area contributed by atoms with Gasteiger partial charge in [-0.15, -0.1) is 0 Å². The molecule has 0 aromatic heterocycles. The van der Waals surface area contributed by atoms with Crippen LogP contribution in [0.1, 0.15) is 25.8 Å². The van der Waals surface area contributed by atoms with E-state index in [1.54, 1.807) is 0 Å². The van der Waals surface area contributed by atoms with Crippen molar-refractivity contribution in [3.05, 3.63) is 29.8 Å². The Balaban J connectivity index is 2.75. The molecule has 2 heteroatoms. The van der Waals surface area contributed by atoms with Crippen LogP contribution in [0, 0.1) is 12.3 Å². The Hall–Kier alpha value is -1.02. The van der Waals surface area contributed by atoms with Crippen LogP contribution in [-0.2, 0) is 0 Å². The molecule has 0 spiro atoms. The van der Waals surface area contributed by atoms with Gasteiger partial charge in [0.25, 0.3) is 0 Å². The summed E-state index contributed by atoms with van der Waals surface area (Å²) in [6, 6.07) is 8.60. The molecule has 1 unspecified atom stereocenters. The quantitative estimate of drug-likeness (QED) is 0.826. The van der Waals surface area contributed by atoms with Gasteiger partial charge in [0.1, 0.15) is 0 Å². The molecule has 90 valence electrons. The minimum atomic E-state index is 0.207. The van der Waals surface area contributed by atoms with Gasteiger partial charge in [-0.05, 0) is 43.0 Å². The van der Waals surface area contributed by atoms with Gasteiger partial charge in [-0.3, -0.25) is 0 Å². The van der Waals surface area contributed by atoms with E-state index in [-0.39, 0.29) is 5.41 Å². The second-order valence-corrected chi connectivity index (χ2v) is 5.06. The summed E-state index contributed by atoms with van der Waals surface area (Å²) in [4.78, 5) is 2.30. The Labute approximate surface area is 99.5 Å². The third-order valence-corrected chi connectivity index (χ3v) is 3.41. The Morgan fingerprint density at radius 1 is 1.38 bits per heavy atom. The Kier molecular flexibility index (Phi) is 4.36. The summed E-state index contributed by atoms with van der Waals surface area (Å²) in [5.41, 5.74) is 8.63. The van der Waals surface area contributed by atoms with E-state index in [0.717, 1.165) is 19.5 Å². The van der Waals surface area contributed by atoms with Crippen molar-refractivity contribution in [1.29, 1.82) is 0 Å². The summed E-state index contributed by atoms with van der Waals surface area (Å²) in [5.74, 6) is 0. The second kappa shape index (κ2) is 5.35. The molecule has 1 aromatic carbocycles. The maximum absolute atomic E-state index is 5.85. The Bertz CT molecular complexity index is 329. The first-order valence-corrected chi connectivity index (χ1v) is 5.98. The zero-order valence-corrected chi connectivity index (χ0v) is 11.0. The van der Waals surface area contributed by atoms with Crippen molar-refractivity contribution in [2.75, 3.05) is 25.0 Å². The molecule has 0 saturated carbocycles. The fraction of sp³-hybridized carbons (Fsp3) is 0.571. The van der Waals surface area contributed by atoms with Gasteiger partial charge in [-0.25, -0.2) is 0 Å². The number of rotatable bonds is 5. The van der Waals surface area contributed by atoms with Crippen molar-refractivity contribution < 1.29 is 0 Å². The van der Waals surface area contributed by atoms with Crippen LogP contribution in [0.2, 0.25) is 0 Å². The van der Waals surface area contributed by atoms with Crippen LogP contribution < -0.4 is 10.6 Å². The number of hydrogen-bond acceptors (Lipinski definition) is 2. The predicted molar refractivity (Wildman–Crippen MR) is 71.9 cm³/mol. The molecular weight excluding hydrogens is 196 g/mol. The van der Waals surface area contributed by atoms with Gasteiger partial charge in [0.15, 0.2) is 0 Å². The summed E-state index contributed by atoms with van der Waals surface area (Å²) in [6.07, 6.45) is 1.11. The minimum Gasteiger partial charge on any atom is -0.374 e. The van der Waals surface area contributed by atoms with E-state index in [9.17, 15) is 0 Å².